The van der Waals surface area contributed by atoms with E-state index in [1.807, 2.05) is 11.4 Å². The zero-order chi connectivity index (χ0) is 14.1. The molecule has 0 saturated carbocycles. The Balaban J connectivity index is 2.11. The predicted octanol–water partition coefficient (Wildman–Crippen LogP) is 1.78. The lowest BCUT2D eigenvalue weighted by Crippen LogP contribution is -2.25. The second-order valence-electron chi connectivity index (χ2n) is 3.93. The summed E-state index contributed by atoms with van der Waals surface area (Å²) in [5.41, 5.74) is 0. The van der Waals surface area contributed by atoms with Crippen molar-refractivity contribution in [3.05, 3.63) is 22.4 Å². The topological polar surface area (TPSA) is 72.5 Å². The van der Waals surface area contributed by atoms with E-state index in [1.54, 1.807) is 6.07 Å². The summed E-state index contributed by atoms with van der Waals surface area (Å²) in [6.07, 6.45) is 1.21. The smallest absolute Gasteiger partial charge is 0.305 e. The van der Waals surface area contributed by atoms with E-state index in [4.69, 9.17) is 0 Å². The summed E-state index contributed by atoms with van der Waals surface area (Å²) in [4.78, 5) is 34.6. The van der Waals surface area contributed by atoms with Crippen molar-refractivity contribution in [2.75, 3.05) is 13.7 Å². The van der Waals surface area contributed by atoms with Gasteiger partial charge in [0, 0.05) is 25.8 Å². The fraction of sp³-hybridized carbons (Fsp3) is 0.462. The molecule has 1 heterocycles. The van der Waals surface area contributed by atoms with E-state index in [0.717, 1.165) is 0 Å². The molecule has 104 valence electrons. The Morgan fingerprint density at radius 1 is 1.26 bits per heavy atom. The summed E-state index contributed by atoms with van der Waals surface area (Å²) in [5, 5.41) is 4.50. The van der Waals surface area contributed by atoms with Crippen LogP contribution in [-0.2, 0) is 14.3 Å². The van der Waals surface area contributed by atoms with Gasteiger partial charge in [-0.15, -0.1) is 11.3 Å². The maximum absolute atomic E-state index is 11.6. The first-order valence-electron chi connectivity index (χ1n) is 6.03. The number of ether oxygens (including phenoxy) is 1. The number of esters is 1. The molecule has 0 aliphatic rings. The number of ketones is 1. The number of methoxy groups -OCH3 is 1. The van der Waals surface area contributed by atoms with Gasteiger partial charge in [-0.1, -0.05) is 6.07 Å². The van der Waals surface area contributed by atoms with Gasteiger partial charge in [0.1, 0.15) is 0 Å². The molecule has 19 heavy (non-hydrogen) atoms. The fourth-order valence-corrected chi connectivity index (χ4v) is 2.13. The number of nitrogens with one attached hydrogen (secondary N) is 1. The quantitative estimate of drug-likeness (QED) is 0.448. The van der Waals surface area contributed by atoms with Crippen molar-refractivity contribution >= 4 is 29.0 Å². The number of carbonyl (C=O) groups is 3. The summed E-state index contributed by atoms with van der Waals surface area (Å²) in [6, 6.07) is 3.56. The summed E-state index contributed by atoms with van der Waals surface area (Å²) < 4.78 is 4.48. The first-order chi connectivity index (χ1) is 9.13. The molecule has 0 unspecified atom stereocenters. The van der Waals surface area contributed by atoms with E-state index < -0.39 is 0 Å². The third-order valence-electron chi connectivity index (χ3n) is 2.48. The van der Waals surface area contributed by atoms with Gasteiger partial charge in [-0.2, -0.15) is 0 Å². The van der Waals surface area contributed by atoms with Crippen LogP contribution in [0.1, 0.15) is 35.4 Å². The number of carbonyl (C=O) groups excluding carboxylic acids is 3. The Morgan fingerprint density at radius 2 is 2.05 bits per heavy atom. The molecule has 0 aliphatic carbocycles. The Labute approximate surface area is 116 Å². The Hall–Kier alpha value is -1.69. The lowest BCUT2D eigenvalue weighted by atomic mass is 10.2. The van der Waals surface area contributed by atoms with Crippen molar-refractivity contribution in [3.8, 4) is 0 Å². The molecule has 1 aromatic heterocycles. The maximum Gasteiger partial charge on any atom is 0.305 e. The molecule has 5 nitrogen and oxygen atoms in total. The van der Waals surface area contributed by atoms with Gasteiger partial charge in [0.25, 0.3) is 0 Å². The largest absolute Gasteiger partial charge is 0.469 e. The standard InChI is InChI=1S/C13H17NO4S/c1-18-13(17)5-2-8-14-12(16)7-6-10(15)11-4-3-9-19-11/h3-4,9H,2,5-8H2,1H3,(H,14,16). The summed E-state index contributed by atoms with van der Waals surface area (Å²) >= 11 is 1.38. The summed E-state index contributed by atoms with van der Waals surface area (Å²) in [7, 11) is 1.33. The first-order valence-corrected chi connectivity index (χ1v) is 6.91. The first kappa shape index (κ1) is 15.4. The van der Waals surface area contributed by atoms with E-state index in [-0.39, 0.29) is 36.9 Å². The summed E-state index contributed by atoms with van der Waals surface area (Å²) in [6.45, 7) is 0.418. The van der Waals surface area contributed by atoms with Crippen molar-refractivity contribution in [1.29, 1.82) is 0 Å². The highest BCUT2D eigenvalue weighted by atomic mass is 32.1. The SMILES string of the molecule is COC(=O)CCCNC(=O)CCC(=O)c1cccs1. The van der Waals surface area contributed by atoms with Crippen molar-refractivity contribution < 1.29 is 19.1 Å². The van der Waals surface area contributed by atoms with E-state index in [9.17, 15) is 14.4 Å². The number of thiophene rings is 1. The second-order valence-corrected chi connectivity index (χ2v) is 4.88. The molecule has 0 atom stereocenters. The third-order valence-corrected chi connectivity index (χ3v) is 3.39. The molecular formula is C13H17NO4S. The van der Waals surface area contributed by atoms with Gasteiger partial charge in [-0.3, -0.25) is 14.4 Å². The molecule has 0 aromatic carbocycles. The van der Waals surface area contributed by atoms with E-state index in [0.29, 0.717) is 17.8 Å². The van der Waals surface area contributed by atoms with Crippen LogP contribution in [0.25, 0.3) is 0 Å². The molecular weight excluding hydrogens is 266 g/mol. The van der Waals surface area contributed by atoms with Crippen LogP contribution in [0.15, 0.2) is 17.5 Å². The average molecular weight is 283 g/mol. The molecule has 0 aliphatic heterocycles. The van der Waals surface area contributed by atoms with Gasteiger partial charge in [-0.05, 0) is 17.9 Å². The molecule has 0 bridgehead atoms. The lowest BCUT2D eigenvalue weighted by Gasteiger charge is -2.04. The fourth-order valence-electron chi connectivity index (χ4n) is 1.44. The highest BCUT2D eigenvalue weighted by Gasteiger charge is 2.09. The highest BCUT2D eigenvalue weighted by molar-refractivity contribution is 7.12. The van der Waals surface area contributed by atoms with Gasteiger partial charge in [0.2, 0.25) is 5.91 Å². The van der Waals surface area contributed by atoms with Crippen LogP contribution >= 0.6 is 11.3 Å². The number of hydrogen-bond acceptors (Lipinski definition) is 5. The maximum atomic E-state index is 11.6. The van der Waals surface area contributed by atoms with Crippen LogP contribution in [-0.4, -0.2) is 31.3 Å². The Morgan fingerprint density at radius 3 is 2.68 bits per heavy atom. The van der Waals surface area contributed by atoms with E-state index >= 15 is 0 Å². The number of amides is 1. The van der Waals surface area contributed by atoms with Crippen molar-refractivity contribution in [2.45, 2.75) is 25.7 Å². The number of hydrogen-bond donors (Lipinski definition) is 1. The molecule has 0 saturated heterocycles. The monoisotopic (exact) mass is 283 g/mol. The average Bonchev–Trinajstić information content (AvgIpc) is 2.94. The molecule has 0 radical (unpaired) electrons. The molecule has 1 N–H and O–H groups in total. The van der Waals surface area contributed by atoms with Crippen LogP contribution in [0.2, 0.25) is 0 Å². The van der Waals surface area contributed by atoms with Crippen molar-refractivity contribution in [2.24, 2.45) is 0 Å². The van der Waals surface area contributed by atoms with Crippen LogP contribution in [0, 0.1) is 0 Å². The number of rotatable bonds is 8. The molecule has 6 heteroatoms. The Kier molecular flexibility index (Phi) is 6.81. The van der Waals surface area contributed by atoms with Gasteiger partial charge < -0.3 is 10.1 Å². The molecule has 1 aromatic rings. The van der Waals surface area contributed by atoms with Crippen LogP contribution in [0.5, 0.6) is 0 Å². The zero-order valence-corrected chi connectivity index (χ0v) is 11.6. The second kappa shape index (κ2) is 8.42. The van der Waals surface area contributed by atoms with E-state index in [1.165, 1.54) is 18.4 Å². The van der Waals surface area contributed by atoms with Crippen LogP contribution < -0.4 is 5.32 Å². The minimum Gasteiger partial charge on any atom is -0.469 e. The summed E-state index contributed by atoms with van der Waals surface area (Å²) in [5.74, 6) is -0.475. The minimum atomic E-state index is -0.290. The molecule has 0 spiro atoms. The third kappa shape index (κ3) is 6.15. The van der Waals surface area contributed by atoms with Crippen molar-refractivity contribution in [3.63, 3.8) is 0 Å². The number of Topliss-reactive ketones (excluding diaryl/α,β-unsaturated/α-hetero) is 1. The van der Waals surface area contributed by atoms with E-state index in [2.05, 4.69) is 10.1 Å². The van der Waals surface area contributed by atoms with Gasteiger partial charge >= 0.3 is 5.97 Å². The predicted molar refractivity (Wildman–Crippen MR) is 72.1 cm³/mol. The van der Waals surface area contributed by atoms with Gasteiger partial charge in [0.05, 0.1) is 12.0 Å². The van der Waals surface area contributed by atoms with Gasteiger partial charge in [-0.25, -0.2) is 0 Å². The lowest BCUT2D eigenvalue weighted by molar-refractivity contribution is -0.140. The molecule has 1 amide bonds. The van der Waals surface area contributed by atoms with Crippen LogP contribution in [0.3, 0.4) is 0 Å². The molecule has 1 rings (SSSR count). The van der Waals surface area contributed by atoms with Crippen molar-refractivity contribution in [1.82, 2.24) is 5.32 Å². The molecule has 0 fully saturated rings. The minimum absolute atomic E-state index is 0.0142. The normalized spacial score (nSPS) is 9.95. The zero-order valence-electron chi connectivity index (χ0n) is 10.8. The highest BCUT2D eigenvalue weighted by Crippen LogP contribution is 2.12. The van der Waals surface area contributed by atoms with Gasteiger partial charge in [0.15, 0.2) is 5.78 Å². The Bertz CT molecular complexity index is 428. The van der Waals surface area contributed by atoms with Crippen LogP contribution in [0.4, 0.5) is 0 Å².